The number of aromatic nitrogens is 2. The Labute approximate surface area is 136 Å². The second kappa shape index (κ2) is 6.40. The smallest absolute Gasteiger partial charge is 0.280 e. The second-order valence-corrected chi connectivity index (χ2v) is 6.10. The van der Waals surface area contributed by atoms with Gasteiger partial charge < -0.3 is 14.3 Å². The maximum atomic E-state index is 12.9. The third-order valence-corrected chi connectivity index (χ3v) is 4.26. The van der Waals surface area contributed by atoms with Crippen LogP contribution in [0.4, 0.5) is 11.5 Å². The lowest BCUT2D eigenvalue weighted by atomic mass is 10.1. The maximum Gasteiger partial charge on any atom is 0.280 e. The van der Waals surface area contributed by atoms with E-state index in [4.69, 9.17) is 4.52 Å². The Balaban J connectivity index is 1.94. The van der Waals surface area contributed by atoms with Crippen molar-refractivity contribution in [1.82, 2.24) is 10.1 Å². The van der Waals surface area contributed by atoms with Gasteiger partial charge in [0.25, 0.3) is 5.91 Å². The summed E-state index contributed by atoms with van der Waals surface area (Å²) in [4.78, 5) is 20.8. The summed E-state index contributed by atoms with van der Waals surface area (Å²) >= 11 is 0. The van der Waals surface area contributed by atoms with Gasteiger partial charge in [-0.2, -0.15) is 0 Å². The van der Waals surface area contributed by atoms with E-state index in [1.54, 1.807) is 18.1 Å². The molecule has 0 unspecified atom stereocenters. The summed E-state index contributed by atoms with van der Waals surface area (Å²) in [5.74, 6) is 1.48. The number of hydrogen-bond donors (Lipinski definition) is 0. The van der Waals surface area contributed by atoms with Crippen molar-refractivity contribution in [2.24, 2.45) is 0 Å². The molecule has 0 aliphatic heterocycles. The number of aryl methyl sites for hydroxylation is 1. The third-order valence-electron chi connectivity index (χ3n) is 4.26. The number of fused-ring (bicyclic) bond motifs is 1. The van der Waals surface area contributed by atoms with E-state index in [-0.39, 0.29) is 5.91 Å². The van der Waals surface area contributed by atoms with Crippen molar-refractivity contribution in [3.8, 4) is 0 Å². The summed E-state index contributed by atoms with van der Waals surface area (Å²) in [7, 11) is 5.57. The molecule has 1 amide bonds. The van der Waals surface area contributed by atoms with Gasteiger partial charge in [0.1, 0.15) is 5.76 Å². The van der Waals surface area contributed by atoms with Crippen molar-refractivity contribution in [1.29, 1.82) is 0 Å². The maximum absolute atomic E-state index is 12.9. The van der Waals surface area contributed by atoms with Crippen LogP contribution in [-0.2, 0) is 12.8 Å². The molecule has 0 spiro atoms. The molecule has 0 saturated heterocycles. The number of carbonyl (C=O) groups is 1. The Kier molecular flexibility index (Phi) is 4.32. The number of nitrogens with zero attached hydrogens (tertiary/aromatic N) is 4. The quantitative estimate of drug-likeness (QED) is 0.815. The molecule has 1 aliphatic carbocycles. The Morgan fingerprint density at radius 3 is 2.74 bits per heavy atom. The van der Waals surface area contributed by atoms with Crippen molar-refractivity contribution < 1.29 is 9.32 Å². The number of pyridine rings is 1. The number of amides is 1. The van der Waals surface area contributed by atoms with Gasteiger partial charge in [0.15, 0.2) is 11.5 Å². The summed E-state index contributed by atoms with van der Waals surface area (Å²) in [5, 5.41) is 4.06. The standard InChI is InChI=1S/C17H22N4O2/c1-20(2)16-13(9-7-11-18-16)21(3)17(22)15-12-8-5-4-6-10-14(12)23-19-15/h7,9,11H,4-6,8,10H2,1-3H3. The lowest BCUT2D eigenvalue weighted by Crippen LogP contribution is -2.29. The molecule has 6 nitrogen and oxygen atoms in total. The van der Waals surface area contributed by atoms with Gasteiger partial charge in [0, 0.05) is 39.3 Å². The van der Waals surface area contributed by atoms with Gasteiger partial charge >= 0.3 is 0 Å². The minimum Gasteiger partial charge on any atom is -0.361 e. The van der Waals surface area contributed by atoms with Crippen molar-refractivity contribution in [2.45, 2.75) is 32.1 Å². The fourth-order valence-corrected chi connectivity index (χ4v) is 2.99. The molecule has 0 N–H and O–H groups in total. The first-order valence-electron chi connectivity index (χ1n) is 7.97. The van der Waals surface area contributed by atoms with Crippen molar-refractivity contribution >= 4 is 17.4 Å². The van der Waals surface area contributed by atoms with E-state index in [2.05, 4.69) is 10.1 Å². The van der Waals surface area contributed by atoms with E-state index in [1.807, 2.05) is 31.1 Å². The molecular weight excluding hydrogens is 292 g/mol. The van der Waals surface area contributed by atoms with Crippen LogP contribution in [0, 0.1) is 0 Å². The highest BCUT2D eigenvalue weighted by molar-refractivity contribution is 6.06. The predicted octanol–water partition coefficient (Wildman–Crippen LogP) is 2.68. The first-order valence-corrected chi connectivity index (χ1v) is 7.97. The second-order valence-electron chi connectivity index (χ2n) is 6.10. The molecule has 0 atom stereocenters. The molecule has 0 bridgehead atoms. The fraction of sp³-hybridized carbons (Fsp3) is 0.471. The lowest BCUT2D eigenvalue weighted by molar-refractivity contribution is 0.0983. The van der Waals surface area contributed by atoms with Crippen LogP contribution < -0.4 is 9.80 Å². The van der Waals surface area contributed by atoms with Crippen LogP contribution >= 0.6 is 0 Å². The minimum atomic E-state index is -0.145. The van der Waals surface area contributed by atoms with Crippen molar-refractivity contribution in [2.75, 3.05) is 30.9 Å². The lowest BCUT2D eigenvalue weighted by Gasteiger charge is -2.22. The summed E-state index contributed by atoms with van der Waals surface area (Å²) in [6, 6.07) is 3.72. The Morgan fingerprint density at radius 1 is 1.17 bits per heavy atom. The number of hydrogen-bond acceptors (Lipinski definition) is 5. The van der Waals surface area contributed by atoms with Gasteiger partial charge in [0.05, 0.1) is 5.69 Å². The molecule has 23 heavy (non-hydrogen) atoms. The molecule has 2 aromatic rings. The predicted molar refractivity (Wildman–Crippen MR) is 89.1 cm³/mol. The molecule has 2 aromatic heterocycles. The van der Waals surface area contributed by atoms with Crippen molar-refractivity contribution in [3.63, 3.8) is 0 Å². The van der Waals surface area contributed by atoms with Gasteiger partial charge in [-0.05, 0) is 31.4 Å². The zero-order valence-corrected chi connectivity index (χ0v) is 13.9. The largest absolute Gasteiger partial charge is 0.361 e. The van der Waals surface area contributed by atoms with Gasteiger partial charge in [-0.3, -0.25) is 4.79 Å². The van der Waals surface area contributed by atoms with E-state index in [0.717, 1.165) is 48.5 Å². The summed E-state index contributed by atoms with van der Waals surface area (Å²) in [6.45, 7) is 0. The summed E-state index contributed by atoms with van der Waals surface area (Å²) < 4.78 is 5.43. The summed E-state index contributed by atoms with van der Waals surface area (Å²) in [5.41, 5.74) is 2.18. The normalized spacial score (nSPS) is 14.0. The SMILES string of the molecule is CN(C)c1ncccc1N(C)C(=O)c1noc2c1CCCCC2. The van der Waals surface area contributed by atoms with E-state index >= 15 is 0 Å². The molecular formula is C17H22N4O2. The van der Waals surface area contributed by atoms with Crippen LogP contribution in [0.1, 0.15) is 41.1 Å². The Bertz CT molecular complexity index is 708. The van der Waals surface area contributed by atoms with E-state index in [0.29, 0.717) is 5.69 Å². The molecule has 0 radical (unpaired) electrons. The molecule has 1 aliphatic rings. The van der Waals surface area contributed by atoms with Gasteiger partial charge in [-0.1, -0.05) is 11.6 Å². The van der Waals surface area contributed by atoms with Crippen LogP contribution in [-0.4, -0.2) is 37.2 Å². The zero-order chi connectivity index (χ0) is 16.4. The minimum absolute atomic E-state index is 0.145. The molecule has 2 heterocycles. The van der Waals surface area contributed by atoms with Gasteiger partial charge in [-0.15, -0.1) is 0 Å². The summed E-state index contributed by atoms with van der Waals surface area (Å²) in [6.07, 6.45) is 6.80. The highest BCUT2D eigenvalue weighted by atomic mass is 16.5. The highest BCUT2D eigenvalue weighted by Crippen LogP contribution is 2.28. The first-order chi connectivity index (χ1) is 11.1. The first kappa shape index (κ1) is 15.5. The van der Waals surface area contributed by atoms with Crippen LogP contribution in [0.15, 0.2) is 22.9 Å². The van der Waals surface area contributed by atoms with E-state index < -0.39 is 0 Å². The topological polar surface area (TPSA) is 62.5 Å². The molecule has 6 heteroatoms. The van der Waals surface area contributed by atoms with Crippen molar-refractivity contribution in [3.05, 3.63) is 35.3 Å². The van der Waals surface area contributed by atoms with E-state index in [9.17, 15) is 4.79 Å². The molecule has 122 valence electrons. The number of anilines is 2. The van der Waals surface area contributed by atoms with Gasteiger partial charge in [-0.25, -0.2) is 4.98 Å². The Morgan fingerprint density at radius 2 is 1.96 bits per heavy atom. The fourth-order valence-electron chi connectivity index (χ4n) is 2.99. The molecule has 0 saturated carbocycles. The number of rotatable bonds is 3. The molecule has 3 rings (SSSR count). The molecule has 0 aromatic carbocycles. The highest BCUT2D eigenvalue weighted by Gasteiger charge is 2.27. The average molecular weight is 314 g/mol. The zero-order valence-electron chi connectivity index (χ0n) is 13.9. The monoisotopic (exact) mass is 314 g/mol. The van der Waals surface area contributed by atoms with Crippen LogP contribution in [0.2, 0.25) is 0 Å². The number of carbonyl (C=O) groups excluding carboxylic acids is 1. The van der Waals surface area contributed by atoms with Crippen LogP contribution in [0.5, 0.6) is 0 Å². The van der Waals surface area contributed by atoms with Crippen LogP contribution in [0.3, 0.4) is 0 Å². The van der Waals surface area contributed by atoms with Crippen LogP contribution in [0.25, 0.3) is 0 Å². The molecule has 0 fully saturated rings. The Hall–Kier alpha value is -2.37. The third kappa shape index (κ3) is 2.93. The van der Waals surface area contributed by atoms with Gasteiger partial charge in [0.2, 0.25) is 0 Å². The van der Waals surface area contributed by atoms with E-state index in [1.165, 1.54) is 6.42 Å². The average Bonchev–Trinajstić information content (AvgIpc) is 2.81.